The van der Waals surface area contributed by atoms with E-state index in [1.54, 1.807) is 30.3 Å². The zero-order valence-electron chi connectivity index (χ0n) is 13.8. The van der Waals surface area contributed by atoms with E-state index in [1.165, 1.54) is 32.7 Å². The molecule has 0 bridgehead atoms. The van der Waals surface area contributed by atoms with Crippen molar-refractivity contribution in [3.05, 3.63) is 58.3 Å². The highest BCUT2D eigenvalue weighted by molar-refractivity contribution is 7.89. The molecule has 0 radical (unpaired) electrons. The SMILES string of the molecule is C=CCN(Cc1ccc(Cl)s1)S(=O)(=O)c1ccc(N2CCOC2=O)cc1. The third-order valence-corrected chi connectivity index (χ3v) is 6.88. The first-order chi connectivity index (χ1) is 12.4. The molecular weight excluding hydrogens is 396 g/mol. The summed E-state index contributed by atoms with van der Waals surface area (Å²) in [7, 11) is -3.71. The van der Waals surface area contributed by atoms with E-state index in [1.807, 2.05) is 0 Å². The van der Waals surface area contributed by atoms with Crippen LogP contribution in [-0.2, 0) is 21.3 Å². The van der Waals surface area contributed by atoms with Gasteiger partial charge in [0, 0.05) is 23.7 Å². The number of carbonyl (C=O) groups excluding carboxylic acids is 1. The average Bonchev–Trinajstić information content (AvgIpc) is 3.23. The normalized spacial score (nSPS) is 14.7. The van der Waals surface area contributed by atoms with Gasteiger partial charge in [0.25, 0.3) is 0 Å². The summed E-state index contributed by atoms with van der Waals surface area (Å²) in [5.74, 6) is 0. The number of hydrogen-bond acceptors (Lipinski definition) is 5. The van der Waals surface area contributed by atoms with E-state index < -0.39 is 16.1 Å². The molecule has 1 amide bonds. The second-order valence-corrected chi connectivity index (χ2v) is 9.29. The molecule has 2 aromatic rings. The third kappa shape index (κ3) is 3.93. The first-order valence-corrected chi connectivity index (χ1v) is 10.4. The van der Waals surface area contributed by atoms with E-state index in [0.717, 1.165) is 4.88 Å². The Morgan fingerprint density at radius 1 is 1.27 bits per heavy atom. The van der Waals surface area contributed by atoms with Gasteiger partial charge in [-0.15, -0.1) is 17.9 Å². The summed E-state index contributed by atoms with van der Waals surface area (Å²) in [6.07, 6.45) is 1.12. The van der Waals surface area contributed by atoms with Crippen LogP contribution in [-0.4, -0.2) is 38.5 Å². The Morgan fingerprint density at radius 3 is 2.54 bits per heavy atom. The van der Waals surface area contributed by atoms with Crippen molar-refractivity contribution in [2.75, 3.05) is 24.6 Å². The minimum atomic E-state index is -3.71. The number of rotatable bonds is 7. The van der Waals surface area contributed by atoms with Gasteiger partial charge < -0.3 is 4.74 Å². The predicted molar refractivity (Wildman–Crippen MR) is 102 cm³/mol. The minimum absolute atomic E-state index is 0.151. The fourth-order valence-corrected chi connectivity index (χ4v) is 5.15. The Morgan fingerprint density at radius 2 is 2.00 bits per heavy atom. The van der Waals surface area contributed by atoms with Crippen molar-refractivity contribution in [2.24, 2.45) is 0 Å². The molecule has 1 aromatic carbocycles. The van der Waals surface area contributed by atoms with E-state index >= 15 is 0 Å². The lowest BCUT2D eigenvalue weighted by molar-refractivity contribution is 0.181. The highest BCUT2D eigenvalue weighted by Gasteiger charge is 2.26. The first-order valence-electron chi connectivity index (χ1n) is 7.81. The molecule has 1 aliphatic heterocycles. The average molecular weight is 413 g/mol. The van der Waals surface area contributed by atoms with Crippen LogP contribution in [0.25, 0.3) is 0 Å². The number of benzene rings is 1. The fourth-order valence-electron chi connectivity index (χ4n) is 2.58. The highest BCUT2D eigenvalue weighted by atomic mass is 35.5. The van der Waals surface area contributed by atoms with Gasteiger partial charge in [-0.05, 0) is 36.4 Å². The molecule has 2 heterocycles. The number of ether oxygens (including phenoxy) is 1. The number of nitrogens with zero attached hydrogens (tertiary/aromatic N) is 2. The summed E-state index contributed by atoms with van der Waals surface area (Å²) in [5, 5.41) is 0. The molecule has 0 aliphatic carbocycles. The lowest BCUT2D eigenvalue weighted by atomic mass is 10.3. The van der Waals surface area contributed by atoms with Gasteiger partial charge in [-0.2, -0.15) is 4.31 Å². The molecule has 138 valence electrons. The number of anilines is 1. The van der Waals surface area contributed by atoms with Gasteiger partial charge in [-0.1, -0.05) is 17.7 Å². The van der Waals surface area contributed by atoms with E-state index in [-0.39, 0.29) is 18.0 Å². The molecule has 1 aromatic heterocycles. The number of amides is 1. The summed E-state index contributed by atoms with van der Waals surface area (Å²) in [4.78, 5) is 14.1. The Labute approximate surface area is 161 Å². The second-order valence-electron chi connectivity index (χ2n) is 5.55. The summed E-state index contributed by atoms with van der Waals surface area (Å²) >= 11 is 7.27. The van der Waals surface area contributed by atoms with Crippen LogP contribution in [0.1, 0.15) is 4.88 Å². The molecule has 1 fully saturated rings. The van der Waals surface area contributed by atoms with E-state index in [0.29, 0.717) is 23.2 Å². The number of cyclic esters (lactones) is 1. The van der Waals surface area contributed by atoms with Gasteiger partial charge in [0.2, 0.25) is 10.0 Å². The molecule has 0 atom stereocenters. The van der Waals surface area contributed by atoms with E-state index in [4.69, 9.17) is 16.3 Å². The van der Waals surface area contributed by atoms with Crippen molar-refractivity contribution in [1.82, 2.24) is 4.31 Å². The molecular formula is C17H17ClN2O4S2. The number of sulfonamides is 1. The van der Waals surface area contributed by atoms with Crippen LogP contribution >= 0.6 is 22.9 Å². The molecule has 3 rings (SSSR count). The number of thiophene rings is 1. The largest absolute Gasteiger partial charge is 0.447 e. The molecule has 6 nitrogen and oxygen atoms in total. The second kappa shape index (κ2) is 7.79. The molecule has 0 saturated carbocycles. The Balaban J connectivity index is 1.84. The number of carbonyl (C=O) groups is 1. The van der Waals surface area contributed by atoms with Gasteiger partial charge in [-0.25, -0.2) is 13.2 Å². The van der Waals surface area contributed by atoms with Crippen molar-refractivity contribution in [2.45, 2.75) is 11.4 Å². The standard InChI is InChI=1S/C17H17ClN2O4S2/c1-2-9-19(12-14-5-8-16(18)25-14)26(22,23)15-6-3-13(4-7-15)20-10-11-24-17(20)21/h2-8H,1,9-12H2. The fraction of sp³-hybridized carbons (Fsp3) is 0.235. The first kappa shape index (κ1) is 18.9. The molecule has 1 aliphatic rings. The van der Waals surface area contributed by atoms with E-state index in [2.05, 4.69) is 6.58 Å². The van der Waals surface area contributed by atoms with Crippen LogP contribution in [0.5, 0.6) is 0 Å². The monoisotopic (exact) mass is 412 g/mol. The van der Waals surface area contributed by atoms with Crippen molar-refractivity contribution < 1.29 is 17.9 Å². The molecule has 0 N–H and O–H groups in total. The van der Waals surface area contributed by atoms with Crippen LogP contribution in [0.3, 0.4) is 0 Å². The maximum absolute atomic E-state index is 13.0. The topological polar surface area (TPSA) is 66.9 Å². The summed E-state index contributed by atoms with van der Waals surface area (Å²) < 4.78 is 32.8. The Kier molecular flexibility index (Phi) is 5.67. The van der Waals surface area contributed by atoms with Gasteiger partial charge in [0.15, 0.2) is 0 Å². The Bertz CT molecular complexity index is 909. The minimum Gasteiger partial charge on any atom is -0.447 e. The lowest BCUT2D eigenvalue weighted by Crippen LogP contribution is -2.30. The van der Waals surface area contributed by atoms with Crippen LogP contribution in [0.2, 0.25) is 4.34 Å². The number of hydrogen-bond donors (Lipinski definition) is 0. The van der Waals surface area contributed by atoms with E-state index in [9.17, 15) is 13.2 Å². The zero-order valence-corrected chi connectivity index (χ0v) is 16.2. The molecule has 0 spiro atoms. The Hall–Kier alpha value is -1.87. The van der Waals surface area contributed by atoms with Gasteiger partial charge in [-0.3, -0.25) is 4.90 Å². The summed E-state index contributed by atoms with van der Waals surface area (Å²) in [5.41, 5.74) is 0.603. The van der Waals surface area contributed by atoms with Crippen LogP contribution in [0.15, 0.2) is 53.9 Å². The van der Waals surface area contributed by atoms with Crippen molar-refractivity contribution in [1.29, 1.82) is 0 Å². The lowest BCUT2D eigenvalue weighted by Gasteiger charge is -2.20. The van der Waals surface area contributed by atoms with Crippen molar-refractivity contribution >= 4 is 44.7 Å². The van der Waals surface area contributed by atoms with Crippen molar-refractivity contribution in [3.63, 3.8) is 0 Å². The molecule has 26 heavy (non-hydrogen) atoms. The van der Waals surface area contributed by atoms with Crippen LogP contribution < -0.4 is 4.90 Å². The van der Waals surface area contributed by atoms with Gasteiger partial charge in [0.05, 0.1) is 15.8 Å². The highest BCUT2D eigenvalue weighted by Crippen LogP contribution is 2.27. The maximum Gasteiger partial charge on any atom is 0.414 e. The quantitative estimate of drug-likeness (QED) is 0.650. The third-order valence-electron chi connectivity index (χ3n) is 3.84. The predicted octanol–water partition coefficient (Wildman–Crippen LogP) is 3.74. The number of halogens is 1. The summed E-state index contributed by atoms with van der Waals surface area (Å²) in [6.45, 7) is 4.82. The van der Waals surface area contributed by atoms with Gasteiger partial charge >= 0.3 is 6.09 Å². The molecule has 9 heteroatoms. The maximum atomic E-state index is 13.0. The van der Waals surface area contributed by atoms with Crippen molar-refractivity contribution in [3.8, 4) is 0 Å². The van der Waals surface area contributed by atoms with Gasteiger partial charge in [0.1, 0.15) is 6.61 Å². The van der Waals surface area contributed by atoms with Crippen LogP contribution in [0.4, 0.5) is 10.5 Å². The molecule has 1 saturated heterocycles. The summed E-state index contributed by atoms with van der Waals surface area (Å²) in [6, 6.07) is 9.74. The molecule has 0 unspecified atom stereocenters. The zero-order chi connectivity index (χ0) is 18.7. The smallest absolute Gasteiger partial charge is 0.414 e. The van der Waals surface area contributed by atoms with Crippen LogP contribution in [0, 0.1) is 0 Å².